The van der Waals surface area contributed by atoms with E-state index in [2.05, 4.69) is 42.2 Å². The van der Waals surface area contributed by atoms with Crippen molar-refractivity contribution in [3.05, 3.63) is 35.9 Å². The Morgan fingerprint density at radius 3 is 2.67 bits per heavy atom. The lowest BCUT2D eigenvalue weighted by molar-refractivity contribution is -0.140. The molecule has 1 aromatic rings. The molecule has 1 aromatic carbocycles. The lowest BCUT2D eigenvalue weighted by Crippen LogP contribution is -2.55. The van der Waals surface area contributed by atoms with Gasteiger partial charge in [-0.25, -0.2) is 0 Å². The largest absolute Gasteiger partial charge is 0.342 e. The van der Waals surface area contributed by atoms with Gasteiger partial charge in [-0.2, -0.15) is 0 Å². The summed E-state index contributed by atoms with van der Waals surface area (Å²) in [5.41, 5.74) is 7.51. The molecule has 2 N–H and O–H groups in total. The van der Waals surface area contributed by atoms with Gasteiger partial charge >= 0.3 is 0 Å². The number of carbonyl (C=O) groups excluding carboxylic acids is 1. The minimum atomic E-state index is -0.318. The van der Waals surface area contributed by atoms with E-state index < -0.39 is 0 Å². The van der Waals surface area contributed by atoms with Crippen LogP contribution in [-0.2, 0) is 11.2 Å². The molecular weight excluding hydrogens is 320 g/mol. The summed E-state index contributed by atoms with van der Waals surface area (Å²) >= 11 is 0. The number of hydrogen-bond acceptors (Lipinski definition) is 2. The minimum Gasteiger partial charge on any atom is -0.342 e. The number of piperidine rings is 1. The van der Waals surface area contributed by atoms with E-state index >= 15 is 0 Å². The Kier molecular flexibility index (Phi) is 6.70. The van der Waals surface area contributed by atoms with Gasteiger partial charge in [-0.15, -0.1) is 12.4 Å². The van der Waals surface area contributed by atoms with Crippen molar-refractivity contribution >= 4 is 18.3 Å². The van der Waals surface area contributed by atoms with Gasteiger partial charge in [0.25, 0.3) is 0 Å². The van der Waals surface area contributed by atoms with Crippen LogP contribution in [0.2, 0.25) is 0 Å². The highest BCUT2D eigenvalue weighted by Gasteiger charge is 2.40. The predicted octanol–water partition coefficient (Wildman–Crippen LogP) is 3.80. The maximum absolute atomic E-state index is 13.0. The summed E-state index contributed by atoms with van der Waals surface area (Å²) in [7, 11) is 0. The van der Waals surface area contributed by atoms with E-state index in [1.54, 1.807) is 0 Å². The molecule has 24 heavy (non-hydrogen) atoms. The fraction of sp³-hybridized carbons (Fsp3) is 0.650. The number of carbonyl (C=O) groups is 1. The second-order valence-electron chi connectivity index (χ2n) is 7.79. The van der Waals surface area contributed by atoms with Crippen molar-refractivity contribution in [2.24, 2.45) is 17.6 Å². The highest BCUT2D eigenvalue weighted by molar-refractivity contribution is 5.85. The average molecular weight is 351 g/mol. The first-order valence-electron chi connectivity index (χ1n) is 9.18. The molecule has 0 bridgehead atoms. The van der Waals surface area contributed by atoms with Crippen molar-refractivity contribution in [3.8, 4) is 0 Å². The Balaban J connectivity index is 0.00000208. The fourth-order valence-corrected chi connectivity index (χ4v) is 4.36. The van der Waals surface area contributed by atoms with Crippen LogP contribution >= 0.6 is 12.4 Å². The molecule has 1 amide bonds. The zero-order valence-corrected chi connectivity index (χ0v) is 15.6. The van der Waals surface area contributed by atoms with Gasteiger partial charge < -0.3 is 10.6 Å². The Morgan fingerprint density at radius 1 is 1.21 bits per heavy atom. The van der Waals surface area contributed by atoms with Crippen molar-refractivity contribution in [2.45, 2.75) is 57.4 Å². The molecule has 3 nitrogen and oxygen atoms in total. The molecule has 1 aliphatic heterocycles. The molecule has 2 aliphatic rings. The van der Waals surface area contributed by atoms with Crippen LogP contribution in [0, 0.1) is 11.8 Å². The highest BCUT2D eigenvalue weighted by Crippen LogP contribution is 2.34. The van der Waals surface area contributed by atoms with Gasteiger partial charge in [0.15, 0.2) is 0 Å². The third kappa shape index (κ3) is 4.52. The van der Waals surface area contributed by atoms with Crippen molar-refractivity contribution in [1.29, 1.82) is 0 Å². The van der Waals surface area contributed by atoms with Crippen LogP contribution in [0.25, 0.3) is 0 Å². The third-order valence-corrected chi connectivity index (χ3v) is 5.75. The fourth-order valence-electron chi connectivity index (χ4n) is 4.36. The molecule has 1 saturated carbocycles. The normalized spacial score (nSPS) is 30.5. The summed E-state index contributed by atoms with van der Waals surface area (Å²) in [4.78, 5) is 15.1. The van der Waals surface area contributed by atoms with Gasteiger partial charge in [0.1, 0.15) is 0 Å². The quantitative estimate of drug-likeness (QED) is 0.901. The smallest absolute Gasteiger partial charge is 0.227 e. The van der Waals surface area contributed by atoms with Gasteiger partial charge in [-0.3, -0.25) is 4.79 Å². The molecule has 0 radical (unpaired) electrons. The maximum atomic E-state index is 13.0. The van der Waals surface area contributed by atoms with Gasteiger partial charge in [-0.1, -0.05) is 43.2 Å². The number of benzene rings is 1. The van der Waals surface area contributed by atoms with E-state index in [0.717, 1.165) is 51.6 Å². The summed E-state index contributed by atoms with van der Waals surface area (Å²) in [6.45, 7) is 3.89. The van der Waals surface area contributed by atoms with Crippen LogP contribution < -0.4 is 5.73 Å². The Morgan fingerprint density at radius 2 is 1.96 bits per heavy atom. The van der Waals surface area contributed by atoms with Gasteiger partial charge in [0.05, 0.1) is 5.92 Å². The van der Waals surface area contributed by atoms with Crippen molar-refractivity contribution in [2.75, 3.05) is 13.1 Å². The molecular formula is C20H31ClN2O. The Bertz CT molecular complexity index is 532. The van der Waals surface area contributed by atoms with E-state index in [-0.39, 0.29) is 23.9 Å². The van der Waals surface area contributed by atoms with Crippen LogP contribution in [0.15, 0.2) is 30.3 Å². The monoisotopic (exact) mass is 350 g/mol. The maximum Gasteiger partial charge on any atom is 0.227 e. The molecule has 3 rings (SSSR count). The number of nitrogens with two attached hydrogens (primary N) is 1. The van der Waals surface area contributed by atoms with E-state index in [1.807, 2.05) is 0 Å². The molecule has 1 aliphatic carbocycles. The van der Waals surface area contributed by atoms with Gasteiger partial charge in [-0.05, 0) is 50.5 Å². The summed E-state index contributed by atoms with van der Waals surface area (Å²) in [6.07, 6.45) is 7.67. The summed E-state index contributed by atoms with van der Waals surface area (Å²) in [6, 6.07) is 10.6. The second kappa shape index (κ2) is 8.35. The first-order chi connectivity index (χ1) is 11.1. The number of halogens is 1. The third-order valence-electron chi connectivity index (χ3n) is 5.75. The Hall–Kier alpha value is -1.06. The van der Waals surface area contributed by atoms with Crippen molar-refractivity contribution < 1.29 is 4.79 Å². The van der Waals surface area contributed by atoms with E-state index in [0.29, 0.717) is 11.8 Å². The van der Waals surface area contributed by atoms with Crippen LogP contribution in [-0.4, -0.2) is 29.4 Å². The molecule has 3 atom stereocenters. The number of rotatable bonds is 3. The van der Waals surface area contributed by atoms with Gasteiger partial charge in [0.2, 0.25) is 5.91 Å². The topological polar surface area (TPSA) is 46.3 Å². The summed E-state index contributed by atoms with van der Waals surface area (Å²) in [5, 5.41) is 0. The van der Waals surface area contributed by atoms with Crippen molar-refractivity contribution in [1.82, 2.24) is 4.90 Å². The molecule has 2 fully saturated rings. The van der Waals surface area contributed by atoms with Crippen LogP contribution in [0.5, 0.6) is 0 Å². The number of nitrogens with zero attached hydrogens (tertiary/aromatic N) is 1. The van der Waals surface area contributed by atoms with Crippen molar-refractivity contribution in [3.63, 3.8) is 0 Å². The summed E-state index contributed by atoms with van der Waals surface area (Å²) in [5.74, 6) is 0.918. The zero-order valence-electron chi connectivity index (χ0n) is 14.7. The minimum absolute atomic E-state index is 0. The zero-order chi connectivity index (χ0) is 16.3. The second-order valence-corrected chi connectivity index (χ2v) is 7.79. The Labute approximate surface area is 152 Å². The first kappa shape index (κ1) is 19.3. The molecule has 1 heterocycles. The van der Waals surface area contributed by atoms with Crippen LogP contribution in [0.1, 0.15) is 51.0 Å². The van der Waals surface area contributed by atoms with Crippen LogP contribution in [0.3, 0.4) is 0 Å². The number of likely N-dealkylation sites (tertiary alicyclic amines) is 1. The van der Waals surface area contributed by atoms with E-state index in [1.165, 1.54) is 12.0 Å². The highest BCUT2D eigenvalue weighted by atomic mass is 35.5. The lowest BCUT2D eigenvalue weighted by Gasteiger charge is -2.42. The van der Waals surface area contributed by atoms with E-state index in [4.69, 9.17) is 5.73 Å². The van der Waals surface area contributed by atoms with E-state index in [9.17, 15) is 4.79 Å². The number of amides is 1. The van der Waals surface area contributed by atoms with Gasteiger partial charge in [0, 0.05) is 18.6 Å². The predicted molar refractivity (Wildman–Crippen MR) is 101 cm³/mol. The summed E-state index contributed by atoms with van der Waals surface area (Å²) < 4.78 is 0. The number of hydrogen-bond donors (Lipinski definition) is 1. The first-order valence-corrected chi connectivity index (χ1v) is 9.18. The molecule has 0 aromatic heterocycles. The molecule has 0 spiro atoms. The lowest BCUT2D eigenvalue weighted by atomic mass is 9.73. The molecule has 4 heteroatoms. The average Bonchev–Trinajstić information content (AvgIpc) is 2.55. The van der Waals surface area contributed by atoms with Crippen LogP contribution in [0.4, 0.5) is 0 Å². The molecule has 1 saturated heterocycles. The standard InChI is InChI=1S/C20H30N2O.ClH/c1-20(21)12-6-5-11-18(20)19(23)22-13-7-10-17(15-22)14-16-8-3-2-4-9-16;/h2-4,8-9,17-18H,5-7,10-15,21H2,1H3;1H. The molecule has 3 unspecified atom stereocenters. The SMILES string of the molecule is CC1(N)CCCCC1C(=O)N1CCCC(Cc2ccccc2)C1.Cl. The molecule has 134 valence electrons.